The Balaban J connectivity index is 1.41. The summed E-state index contributed by atoms with van der Waals surface area (Å²) >= 11 is 7.79. The number of carbonyl (C=O) groups is 1. The average molecular weight is 482 g/mol. The van der Waals surface area contributed by atoms with Gasteiger partial charge in [0.15, 0.2) is 11.5 Å². The number of hydrogen-bond donors (Lipinski definition) is 1. The number of rotatable bonds is 4. The Morgan fingerprint density at radius 2 is 1.91 bits per heavy atom. The summed E-state index contributed by atoms with van der Waals surface area (Å²) in [6, 6.07) is 13.1. The highest BCUT2D eigenvalue weighted by atomic mass is 35.5. The van der Waals surface area contributed by atoms with E-state index in [9.17, 15) is 9.59 Å². The molecule has 0 unspecified atom stereocenters. The number of aromatic nitrogens is 2. The van der Waals surface area contributed by atoms with Gasteiger partial charge < -0.3 is 14.8 Å². The van der Waals surface area contributed by atoms with Crippen molar-refractivity contribution in [1.29, 1.82) is 0 Å². The van der Waals surface area contributed by atoms with Crippen LogP contribution in [0.25, 0.3) is 20.7 Å². The monoisotopic (exact) mass is 481 g/mol. The number of amides is 1. The third-order valence-electron chi connectivity index (χ3n) is 5.38. The Morgan fingerprint density at radius 1 is 1.18 bits per heavy atom. The number of nitrogens with zero attached hydrogens (tertiary/aromatic N) is 2. The normalized spacial score (nSPS) is 13.0. The third-order valence-corrected chi connectivity index (χ3v) is 6.94. The van der Waals surface area contributed by atoms with E-state index in [0.717, 1.165) is 22.4 Å². The Labute approximate surface area is 198 Å². The summed E-state index contributed by atoms with van der Waals surface area (Å²) in [6.45, 7) is 2.78. The molecule has 3 heterocycles. The molecule has 0 fully saturated rings. The molecule has 33 heavy (non-hydrogen) atoms. The first-order chi connectivity index (χ1) is 16.0. The lowest BCUT2D eigenvalue weighted by atomic mass is 10.1. The van der Waals surface area contributed by atoms with Gasteiger partial charge in [-0.1, -0.05) is 41.9 Å². The summed E-state index contributed by atoms with van der Waals surface area (Å²) in [5.41, 5.74) is 2.03. The highest BCUT2D eigenvalue weighted by molar-refractivity contribution is 7.22. The number of nitrogens with one attached hydrogen (secondary N) is 1. The third kappa shape index (κ3) is 4.19. The maximum Gasteiger partial charge on any atom is 0.262 e. The number of aryl methyl sites for hydroxylation is 1. The van der Waals surface area contributed by atoms with Crippen LogP contribution >= 0.6 is 22.9 Å². The predicted molar refractivity (Wildman–Crippen MR) is 130 cm³/mol. The molecule has 2 aromatic heterocycles. The van der Waals surface area contributed by atoms with Gasteiger partial charge in [0.1, 0.15) is 11.4 Å². The number of carbonyl (C=O) groups excluding carboxylic acids is 1. The van der Waals surface area contributed by atoms with Crippen molar-refractivity contribution < 1.29 is 14.3 Å². The van der Waals surface area contributed by atoms with Gasteiger partial charge in [-0.25, -0.2) is 4.98 Å². The second-order valence-electron chi connectivity index (χ2n) is 7.66. The highest BCUT2D eigenvalue weighted by Gasteiger charge is 2.18. The van der Waals surface area contributed by atoms with Gasteiger partial charge in [-0.15, -0.1) is 11.3 Å². The van der Waals surface area contributed by atoms with Crippen LogP contribution in [0.5, 0.6) is 11.5 Å². The SMILES string of the molecule is Cc1c(-c2ccccc2)sc2ncn(CC(=O)Nc3cc4c(cc3Cl)OCCCO4)c(=O)c12. The molecule has 4 aromatic rings. The van der Waals surface area contributed by atoms with Gasteiger partial charge in [-0.3, -0.25) is 14.2 Å². The first-order valence-corrected chi connectivity index (χ1v) is 11.6. The zero-order valence-corrected chi connectivity index (χ0v) is 19.3. The molecule has 0 spiro atoms. The molecule has 0 bridgehead atoms. The molecule has 168 valence electrons. The van der Waals surface area contributed by atoms with Crippen molar-refractivity contribution in [3.8, 4) is 21.9 Å². The summed E-state index contributed by atoms with van der Waals surface area (Å²) in [4.78, 5) is 32.0. The molecule has 1 N–H and O–H groups in total. The standard InChI is InChI=1S/C24H20ClN3O4S/c1-14-21-23(33-22(14)15-6-3-2-4-7-15)26-13-28(24(21)30)12-20(29)27-17-11-19-18(10-16(17)25)31-8-5-9-32-19/h2-4,6-7,10-11,13H,5,8-9,12H2,1H3,(H,27,29). The number of thiophene rings is 1. The van der Waals surface area contributed by atoms with Gasteiger partial charge in [0.05, 0.1) is 35.6 Å². The van der Waals surface area contributed by atoms with Crippen LogP contribution in [-0.2, 0) is 11.3 Å². The molecule has 9 heteroatoms. The number of hydrogen-bond acceptors (Lipinski definition) is 6. The molecule has 1 aliphatic heterocycles. The van der Waals surface area contributed by atoms with Crippen molar-refractivity contribution in [1.82, 2.24) is 9.55 Å². The number of fused-ring (bicyclic) bond motifs is 2. The van der Waals surface area contributed by atoms with Gasteiger partial charge in [0, 0.05) is 23.4 Å². The van der Waals surface area contributed by atoms with Crippen molar-refractivity contribution in [3.63, 3.8) is 0 Å². The van der Waals surface area contributed by atoms with Crippen molar-refractivity contribution in [2.45, 2.75) is 19.9 Å². The summed E-state index contributed by atoms with van der Waals surface area (Å²) in [6.07, 6.45) is 2.17. The Bertz CT molecular complexity index is 1410. The molecule has 2 aromatic carbocycles. The van der Waals surface area contributed by atoms with Crippen molar-refractivity contribution in [2.75, 3.05) is 18.5 Å². The maximum atomic E-state index is 13.2. The van der Waals surface area contributed by atoms with E-state index in [1.165, 1.54) is 22.2 Å². The summed E-state index contributed by atoms with van der Waals surface area (Å²) in [7, 11) is 0. The summed E-state index contributed by atoms with van der Waals surface area (Å²) < 4.78 is 12.6. The quantitative estimate of drug-likeness (QED) is 0.449. The molecular weight excluding hydrogens is 462 g/mol. The molecule has 1 aliphatic rings. The first-order valence-electron chi connectivity index (χ1n) is 10.4. The minimum Gasteiger partial charge on any atom is -0.490 e. The lowest BCUT2D eigenvalue weighted by molar-refractivity contribution is -0.116. The van der Waals surface area contributed by atoms with Crippen LogP contribution in [0.1, 0.15) is 12.0 Å². The predicted octanol–water partition coefficient (Wildman–Crippen LogP) is 4.89. The fraction of sp³-hybridized carbons (Fsp3) is 0.208. The number of ether oxygens (including phenoxy) is 2. The van der Waals surface area contributed by atoms with Crippen molar-refractivity contribution in [2.24, 2.45) is 0 Å². The molecular formula is C24H20ClN3O4S. The average Bonchev–Trinajstić information content (AvgIpc) is 2.98. The minimum atomic E-state index is -0.397. The molecule has 0 saturated heterocycles. The Morgan fingerprint density at radius 3 is 2.67 bits per heavy atom. The van der Waals surface area contributed by atoms with E-state index in [-0.39, 0.29) is 12.1 Å². The molecule has 0 atom stereocenters. The first kappa shape index (κ1) is 21.5. The summed E-state index contributed by atoms with van der Waals surface area (Å²) in [5.74, 6) is 0.670. The topological polar surface area (TPSA) is 82.5 Å². The van der Waals surface area contributed by atoms with Crippen LogP contribution in [0.15, 0.2) is 53.6 Å². The molecule has 0 radical (unpaired) electrons. The fourth-order valence-electron chi connectivity index (χ4n) is 3.76. The highest BCUT2D eigenvalue weighted by Crippen LogP contribution is 2.38. The Kier molecular flexibility index (Phi) is 5.78. The van der Waals surface area contributed by atoms with E-state index in [4.69, 9.17) is 21.1 Å². The van der Waals surface area contributed by atoms with Gasteiger partial charge >= 0.3 is 0 Å². The summed E-state index contributed by atoms with van der Waals surface area (Å²) in [5, 5.41) is 3.62. The molecule has 0 aliphatic carbocycles. The Hall–Kier alpha value is -3.36. The number of anilines is 1. The van der Waals surface area contributed by atoms with Crippen LogP contribution in [0.3, 0.4) is 0 Å². The van der Waals surface area contributed by atoms with E-state index >= 15 is 0 Å². The zero-order valence-electron chi connectivity index (χ0n) is 17.8. The van der Waals surface area contributed by atoms with E-state index in [2.05, 4.69) is 10.3 Å². The minimum absolute atomic E-state index is 0.192. The van der Waals surface area contributed by atoms with Gasteiger partial charge in [0.2, 0.25) is 5.91 Å². The van der Waals surface area contributed by atoms with Crippen LogP contribution in [0.4, 0.5) is 5.69 Å². The van der Waals surface area contributed by atoms with Crippen molar-refractivity contribution >= 4 is 44.7 Å². The maximum absolute atomic E-state index is 13.2. The van der Waals surface area contributed by atoms with Gasteiger partial charge in [-0.05, 0) is 18.1 Å². The van der Waals surface area contributed by atoms with E-state index in [1.807, 2.05) is 37.3 Å². The number of benzene rings is 2. The largest absolute Gasteiger partial charge is 0.490 e. The lowest BCUT2D eigenvalue weighted by Crippen LogP contribution is -2.28. The molecule has 7 nitrogen and oxygen atoms in total. The zero-order chi connectivity index (χ0) is 22.9. The van der Waals surface area contributed by atoms with E-state index in [1.54, 1.807) is 12.1 Å². The second-order valence-corrected chi connectivity index (χ2v) is 9.06. The van der Waals surface area contributed by atoms with E-state index in [0.29, 0.717) is 45.6 Å². The van der Waals surface area contributed by atoms with Gasteiger partial charge in [0.25, 0.3) is 5.56 Å². The van der Waals surface area contributed by atoms with Gasteiger partial charge in [-0.2, -0.15) is 0 Å². The smallest absolute Gasteiger partial charge is 0.262 e. The van der Waals surface area contributed by atoms with Crippen LogP contribution < -0.4 is 20.3 Å². The van der Waals surface area contributed by atoms with Crippen molar-refractivity contribution in [3.05, 3.63) is 69.7 Å². The number of halogens is 1. The van der Waals surface area contributed by atoms with E-state index < -0.39 is 5.91 Å². The fourth-order valence-corrected chi connectivity index (χ4v) is 5.11. The van der Waals surface area contributed by atoms with Crippen LogP contribution in [0.2, 0.25) is 5.02 Å². The molecule has 5 rings (SSSR count). The lowest BCUT2D eigenvalue weighted by Gasteiger charge is -2.13. The molecule has 0 saturated carbocycles. The van der Waals surface area contributed by atoms with Crippen LogP contribution in [-0.4, -0.2) is 28.7 Å². The van der Waals surface area contributed by atoms with Crippen LogP contribution in [0, 0.1) is 6.92 Å². The molecule has 1 amide bonds. The second kappa shape index (κ2) is 8.88.